The molecule has 0 aliphatic rings. The molecular weight excluding hydrogens is 576 g/mol. The highest BCUT2D eigenvalue weighted by molar-refractivity contribution is 7.84. The van der Waals surface area contributed by atoms with Crippen LogP contribution in [0.1, 0.15) is 31.4 Å². The van der Waals surface area contributed by atoms with Gasteiger partial charge in [0.05, 0.1) is 12.6 Å². The third kappa shape index (κ3) is 12.2. The molecule has 0 heterocycles. The molecule has 4 unspecified atom stereocenters. The quantitative estimate of drug-likeness (QED) is 0.141. The number of carbonyl (C=O) groups is 5. The molecule has 2 aromatic carbocycles. The maximum atomic E-state index is 13.3. The number of nitrogens with two attached hydrogens (primary N) is 1. The normalized spacial score (nSPS) is 13.5. The Kier molecular flexibility index (Phi) is 14.3. The first kappa shape index (κ1) is 34.9. The molecule has 7 N–H and O–H groups in total. The number of likely N-dealkylation sites (N-methyl/N-ethyl adjacent to an activating group) is 1. The Bertz CT molecular complexity index is 1280. The average Bonchev–Trinajstić information content (AvgIpc) is 2.97. The van der Waals surface area contributed by atoms with Gasteiger partial charge in [0.25, 0.3) is 5.91 Å². The third-order valence-corrected chi connectivity index (χ3v) is 7.25. The molecule has 0 aromatic heterocycles. The summed E-state index contributed by atoms with van der Waals surface area (Å²) in [5.74, 6) is -2.78. The van der Waals surface area contributed by atoms with Crippen LogP contribution in [0.25, 0.3) is 0 Å². The predicted octanol–water partition coefficient (Wildman–Crippen LogP) is -0.741. The number of phenolic OH excluding ortho intramolecular Hbond substituents is 1. The second-order valence-corrected chi connectivity index (χ2v) is 11.4. The van der Waals surface area contributed by atoms with Crippen molar-refractivity contribution in [2.75, 3.05) is 25.1 Å². The third-order valence-electron chi connectivity index (χ3n) is 6.44. The lowest BCUT2D eigenvalue weighted by Crippen LogP contribution is -2.57. The van der Waals surface area contributed by atoms with Crippen molar-refractivity contribution in [2.24, 2.45) is 5.73 Å². The predicted molar refractivity (Wildman–Crippen MR) is 162 cm³/mol. The van der Waals surface area contributed by atoms with Gasteiger partial charge in [0.15, 0.2) is 0 Å². The summed E-state index contributed by atoms with van der Waals surface area (Å²) in [5, 5.41) is 14.5. The molecular formula is C29H40N6O7S. The molecule has 0 saturated heterocycles. The van der Waals surface area contributed by atoms with E-state index in [0.29, 0.717) is 5.56 Å². The van der Waals surface area contributed by atoms with Crippen LogP contribution in [-0.4, -0.2) is 87.0 Å². The SMILES string of the molecule is CCN(C(=O)CNC(=O)C(CCS(C)=O)NC(=O)C(N)Cc1ccc(O)cc1)C(Cc1ccccc1)C(=O)NNC(C)=O. The van der Waals surface area contributed by atoms with Crippen LogP contribution >= 0.6 is 0 Å². The van der Waals surface area contributed by atoms with Gasteiger partial charge in [-0.3, -0.25) is 39.0 Å². The van der Waals surface area contributed by atoms with Crippen molar-refractivity contribution in [1.29, 1.82) is 0 Å². The highest BCUT2D eigenvalue weighted by atomic mass is 32.2. The van der Waals surface area contributed by atoms with E-state index in [9.17, 15) is 33.3 Å². The number of carbonyl (C=O) groups excluding carboxylic acids is 5. The molecule has 5 amide bonds. The molecule has 0 bridgehead atoms. The van der Waals surface area contributed by atoms with Crippen LogP contribution in [0.4, 0.5) is 0 Å². The molecule has 234 valence electrons. The minimum Gasteiger partial charge on any atom is -0.508 e. The largest absolute Gasteiger partial charge is 0.508 e. The minimum atomic E-state index is -1.26. The van der Waals surface area contributed by atoms with Gasteiger partial charge in [-0.2, -0.15) is 0 Å². The molecule has 13 nitrogen and oxygen atoms in total. The van der Waals surface area contributed by atoms with Crippen LogP contribution < -0.4 is 27.2 Å². The Balaban J connectivity index is 2.11. The van der Waals surface area contributed by atoms with Crippen LogP contribution in [-0.2, 0) is 47.6 Å². The van der Waals surface area contributed by atoms with Gasteiger partial charge in [-0.25, -0.2) is 0 Å². The molecule has 0 aliphatic carbocycles. The number of benzene rings is 2. The van der Waals surface area contributed by atoms with Crippen molar-refractivity contribution >= 4 is 40.3 Å². The van der Waals surface area contributed by atoms with Crippen LogP contribution in [0, 0.1) is 0 Å². The van der Waals surface area contributed by atoms with E-state index < -0.39 is 65.0 Å². The second kappa shape index (κ2) is 17.6. The zero-order chi connectivity index (χ0) is 31.9. The fraction of sp³-hybridized carbons (Fsp3) is 0.414. The first-order chi connectivity index (χ1) is 20.4. The molecule has 0 aliphatic heterocycles. The maximum Gasteiger partial charge on any atom is 0.261 e. The zero-order valence-electron chi connectivity index (χ0n) is 24.5. The first-order valence-corrected chi connectivity index (χ1v) is 15.4. The standard InChI is InChI=1S/C29H40N6O7S/c1-4-35(25(29(41)34-33-19(2)36)17-20-8-6-5-7-9-20)26(38)18-31-28(40)24(14-15-43(3)42)32-27(39)23(30)16-21-10-12-22(37)13-11-21/h5-13,23-25,37H,4,14-18,30H2,1-3H3,(H,31,40)(H,32,39)(H,33,36)(H,34,41). The Morgan fingerprint density at radius 1 is 0.907 bits per heavy atom. The van der Waals surface area contributed by atoms with Gasteiger partial charge in [0, 0.05) is 42.7 Å². The second-order valence-electron chi connectivity index (χ2n) is 9.88. The number of aromatic hydroxyl groups is 1. The van der Waals surface area contributed by atoms with Crippen LogP contribution in [0.2, 0.25) is 0 Å². The number of nitrogens with one attached hydrogen (secondary N) is 4. The molecule has 0 saturated carbocycles. The highest BCUT2D eigenvalue weighted by Crippen LogP contribution is 2.12. The number of rotatable bonds is 15. The number of phenols is 1. The van der Waals surface area contributed by atoms with E-state index in [-0.39, 0.29) is 37.3 Å². The van der Waals surface area contributed by atoms with Gasteiger partial charge in [0.1, 0.15) is 17.8 Å². The van der Waals surface area contributed by atoms with Gasteiger partial charge >= 0.3 is 0 Å². The van der Waals surface area contributed by atoms with Gasteiger partial charge in [-0.15, -0.1) is 0 Å². The van der Waals surface area contributed by atoms with Crippen LogP contribution in [0.5, 0.6) is 5.75 Å². The molecule has 0 spiro atoms. The van der Waals surface area contributed by atoms with E-state index in [1.165, 1.54) is 30.2 Å². The van der Waals surface area contributed by atoms with Crippen molar-refractivity contribution in [1.82, 2.24) is 26.4 Å². The summed E-state index contributed by atoms with van der Waals surface area (Å²) in [6.45, 7) is 2.56. The Morgan fingerprint density at radius 3 is 2.12 bits per heavy atom. The number of nitrogens with zero attached hydrogens (tertiary/aromatic N) is 1. The van der Waals surface area contributed by atoms with Gasteiger partial charge in [-0.05, 0) is 43.0 Å². The van der Waals surface area contributed by atoms with Crippen LogP contribution in [0.15, 0.2) is 54.6 Å². The van der Waals surface area contributed by atoms with Crippen LogP contribution in [0.3, 0.4) is 0 Å². The minimum absolute atomic E-state index is 0.0358. The lowest BCUT2D eigenvalue weighted by Gasteiger charge is -2.30. The Hall–Kier alpha value is -4.30. The monoisotopic (exact) mass is 616 g/mol. The van der Waals surface area contributed by atoms with Crippen molar-refractivity contribution in [3.05, 3.63) is 65.7 Å². The number of amides is 5. The van der Waals surface area contributed by atoms with E-state index in [4.69, 9.17) is 5.73 Å². The van der Waals surface area contributed by atoms with E-state index in [0.717, 1.165) is 5.56 Å². The van der Waals surface area contributed by atoms with Crippen molar-refractivity contribution in [3.63, 3.8) is 0 Å². The molecule has 2 rings (SSSR count). The molecule has 14 heteroatoms. The summed E-state index contributed by atoms with van der Waals surface area (Å²) >= 11 is 0. The fourth-order valence-electron chi connectivity index (χ4n) is 4.18. The van der Waals surface area contributed by atoms with Gasteiger partial charge < -0.3 is 26.4 Å². The number of hydrogen-bond acceptors (Lipinski definition) is 8. The lowest BCUT2D eigenvalue weighted by molar-refractivity contribution is -0.141. The highest BCUT2D eigenvalue weighted by Gasteiger charge is 2.30. The number of hydrazine groups is 1. The summed E-state index contributed by atoms with van der Waals surface area (Å²) < 4.78 is 11.7. The molecule has 0 fully saturated rings. The molecule has 43 heavy (non-hydrogen) atoms. The van der Waals surface area contributed by atoms with E-state index in [1.54, 1.807) is 43.3 Å². The molecule has 0 radical (unpaired) electrons. The summed E-state index contributed by atoms with van der Waals surface area (Å²) in [4.78, 5) is 64.8. The summed E-state index contributed by atoms with van der Waals surface area (Å²) in [7, 11) is -1.26. The Labute approximate surface area is 253 Å². The summed E-state index contributed by atoms with van der Waals surface area (Å²) in [6.07, 6.45) is 1.80. The van der Waals surface area contributed by atoms with E-state index >= 15 is 0 Å². The van der Waals surface area contributed by atoms with Gasteiger partial charge in [-0.1, -0.05) is 42.5 Å². The topological polar surface area (TPSA) is 200 Å². The van der Waals surface area contributed by atoms with E-state index in [2.05, 4.69) is 21.5 Å². The molecule has 4 atom stereocenters. The van der Waals surface area contributed by atoms with Crippen molar-refractivity contribution < 1.29 is 33.3 Å². The summed E-state index contributed by atoms with van der Waals surface area (Å²) in [5.41, 5.74) is 12.1. The fourth-order valence-corrected chi connectivity index (χ4v) is 4.75. The van der Waals surface area contributed by atoms with E-state index in [1.807, 2.05) is 6.07 Å². The Morgan fingerprint density at radius 2 is 1.53 bits per heavy atom. The van der Waals surface area contributed by atoms with Gasteiger partial charge in [0.2, 0.25) is 23.6 Å². The maximum absolute atomic E-state index is 13.3. The zero-order valence-corrected chi connectivity index (χ0v) is 25.3. The first-order valence-electron chi connectivity index (χ1n) is 13.7. The molecule has 2 aromatic rings. The number of hydrogen-bond donors (Lipinski definition) is 6. The summed E-state index contributed by atoms with van der Waals surface area (Å²) in [6, 6.07) is 12.1. The van der Waals surface area contributed by atoms with Crippen molar-refractivity contribution in [2.45, 2.75) is 51.2 Å². The lowest BCUT2D eigenvalue weighted by atomic mass is 10.0. The van der Waals surface area contributed by atoms with Crippen molar-refractivity contribution in [3.8, 4) is 5.75 Å². The average molecular weight is 617 g/mol. The smallest absolute Gasteiger partial charge is 0.261 e.